The Bertz CT molecular complexity index is 435. The Morgan fingerprint density at radius 3 is 2.65 bits per heavy atom. The first-order valence-corrected chi connectivity index (χ1v) is 7.67. The number of ether oxygens (including phenoxy) is 1. The summed E-state index contributed by atoms with van der Waals surface area (Å²) < 4.78 is 5.53. The van der Waals surface area contributed by atoms with Crippen molar-refractivity contribution < 1.29 is 4.74 Å². The summed E-state index contributed by atoms with van der Waals surface area (Å²) in [6.45, 7) is 8.76. The summed E-state index contributed by atoms with van der Waals surface area (Å²) in [4.78, 5) is 2.57. The zero-order valence-electron chi connectivity index (χ0n) is 13.2. The highest BCUT2D eigenvalue weighted by atomic mass is 16.5. The first kappa shape index (κ1) is 15.3. The summed E-state index contributed by atoms with van der Waals surface area (Å²) in [5.74, 6) is 2.38. The van der Waals surface area contributed by atoms with E-state index < -0.39 is 0 Å². The Morgan fingerprint density at radius 2 is 2.00 bits per heavy atom. The quantitative estimate of drug-likeness (QED) is 0.918. The van der Waals surface area contributed by atoms with Gasteiger partial charge in [0.25, 0.3) is 0 Å². The Morgan fingerprint density at radius 1 is 1.30 bits per heavy atom. The topological polar surface area (TPSA) is 38.5 Å². The number of para-hydroxylation sites is 1. The minimum atomic E-state index is 0.242. The summed E-state index contributed by atoms with van der Waals surface area (Å²) in [6, 6.07) is 9.06. The van der Waals surface area contributed by atoms with Gasteiger partial charge in [-0.2, -0.15) is 0 Å². The molecule has 0 spiro atoms. The van der Waals surface area contributed by atoms with Gasteiger partial charge in [-0.3, -0.25) is 4.90 Å². The van der Waals surface area contributed by atoms with E-state index in [1.54, 1.807) is 7.11 Å². The predicted octanol–water partition coefficient (Wildman–Crippen LogP) is 3.06. The van der Waals surface area contributed by atoms with Gasteiger partial charge in [0, 0.05) is 24.7 Å². The summed E-state index contributed by atoms with van der Waals surface area (Å²) in [7, 11) is 1.73. The number of benzene rings is 1. The number of piperidine rings is 1. The van der Waals surface area contributed by atoms with Crippen LogP contribution in [0.4, 0.5) is 0 Å². The largest absolute Gasteiger partial charge is 0.496 e. The summed E-state index contributed by atoms with van der Waals surface area (Å²) in [6.07, 6.45) is 1.31. The summed E-state index contributed by atoms with van der Waals surface area (Å²) in [5, 5.41) is 0. The lowest BCUT2D eigenvalue weighted by Gasteiger charge is -2.45. The van der Waals surface area contributed by atoms with E-state index in [1.165, 1.54) is 12.0 Å². The molecule has 2 rings (SSSR count). The number of nitrogens with two attached hydrogens (primary N) is 1. The minimum Gasteiger partial charge on any atom is -0.496 e. The zero-order valence-corrected chi connectivity index (χ0v) is 13.2. The van der Waals surface area contributed by atoms with Gasteiger partial charge in [-0.15, -0.1) is 0 Å². The molecule has 112 valence electrons. The van der Waals surface area contributed by atoms with Crippen molar-refractivity contribution in [3.05, 3.63) is 29.8 Å². The van der Waals surface area contributed by atoms with Gasteiger partial charge in [-0.05, 0) is 31.2 Å². The van der Waals surface area contributed by atoms with Crippen molar-refractivity contribution in [1.29, 1.82) is 0 Å². The van der Waals surface area contributed by atoms with E-state index in [9.17, 15) is 0 Å². The molecule has 0 aliphatic carbocycles. The van der Waals surface area contributed by atoms with Crippen molar-refractivity contribution in [2.45, 2.75) is 39.3 Å². The van der Waals surface area contributed by atoms with Crippen molar-refractivity contribution in [1.82, 2.24) is 4.90 Å². The van der Waals surface area contributed by atoms with Gasteiger partial charge in [0.15, 0.2) is 0 Å². The molecule has 0 amide bonds. The van der Waals surface area contributed by atoms with Crippen LogP contribution < -0.4 is 10.5 Å². The fourth-order valence-corrected chi connectivity index (χ4v) is 3.55. The van der Waals surface area contributed by atoms with Crippen LogP contribution in [-0.4, -0.2) is 31.1 Å². The van der Waals surface area contributed by atoms with Gasteiger partial charge in [-0.25, -0.2) is 0 Å². The Kier molecular flexibility index (Phi) is 5.06. The van der Waals surface area contributed by atoms with Crippen molar-refractivity contribution in [3.63, 3.8) is 0 Å². The average Bonchev–Trinajstić information content (AvgIpc) is 2.45. The van der Waals surface area contributed by atoms with E-state index in [0.29, 0.717) is 18.5 Å². The zero-order chi connectivity index (χ0) is 14.7. The highest BCUT2D eigenvalue weighted by Gasteiger charge is 2.34. The van der Waals surface area contributed by atoms with Crippen LogP contribution >= 0.6 is 0 Å². The highest BCUT2D eigenvalue weighted by molar-refractivity contribution is 5.36. The summed E-state index contributed by atoms with van der Waals surface area (Å²) >= 11 is 0. The smallest absolute Gasteiger partial charge is 0.123 e. The van der Waals surface area contributed by atoms with E-state index in [0.717, 1.165) is 18.2 Å². The van der Waals surface area contributed by atoms with Crippen LogP contribution in [0.3, 0.4) is 0 Å². The van der Waals surface area contributed by atoms with Gasteiger partial charge < -0.3 is 10.5 Å². The maximum Gasteiger partial charge on any atom is 0.123 e. The van der Waals surface area contributed by atoms with Crippen LogP contribution in [0.25, 0.3) is 0 Å². The molecule has 4 atom stereocenters. The number of rotatable bonds is 4. The van der Waals surface area contributed by atoms with Crippen LogP contribution in [0.1, 0.15) is 38.8 Å². The molecular weight excluding hydrogens is 248 g/mol. The van der Waals surface area contributed by atoms with E-state index in [-0.39, 0.29) is 6.04 Å². The monoisotopic (exact) mass is 276 g/mol. The van der Waals surface area contributed by atoms with Gasteiger partial charge >= 0.3 is 0 Å². The second kappa shape index (κ2) is 6.59. The van der Waals surface area contributed by atoms with Crippen LogP contribution in [0, 0.1) is 11.8 Å². The number of nitrogens with zero attached hydrogens (tertiary/aromatic N) is 1. The first-order valence-electron chi connectivity index (χ1n) is 7.67. The molecule has 1 aromatic rings. The van der Waals surface area contributed by atoms with Crippen molar-refractivity contribution in [2.24, 2.45) is 17.6 Å². The van der Waals surface area contributed by atoms with Gasteiger partial charge in [-0.1, -0.05) is 32.0 Å². The first-order chi connectivity index (χ1) is 9.58. The Labute approximate surface area is 123 Å². The molecule has 0 aromatic heterocycles. The third-order valence-electron chi connectivity index (χ3n) is 4.76. The van der Waals surface area contributed by atoms with E-state index in [2.05, 4.69) is 37.8 Å². The molecule has 20 heavy (non-hydrogen) atoms. The minimum absolute atomic E-state index is 0.242. The maximum absolute atomic E-state index is 6.12. The molecule has 1 fully saturated rings. The molecule has 2 N–H and O–H groups in total. The van der Waals surface area contributed by atoms with Crippen LogP contribution in [0.5, 0.6) is 5.75 Å². The van der Waals surface area contributed by atoms with Crippen molar-refractivity contribution in [3.8, 4) is 5.75 Å². The molecule has 0 saturated carbocycles. The van der Waals surface area contributed by atoms with Gasteiger partial charge in [0.05, 0.1) is 13.2 Å². The predicted molar refractivity (Wildman–Crippen MR) is 83.9 cm³/mol. The maximum atomic E-state index is 6.12. The Hall–Kier alpha value is -1.06. The number of hydrogen-bond acceptors (Lipinski definition) is 3. The SMILES string of the molecule is COc1ccccc1C(CN)N1CC(C)CC(C)C1C. The molecule has 4 unspecified atom stereocenters. The fraction of sp³-hybridized carbons (Fsp3) is 0.647. The molecule has 1 saturated heterocycles. The van der Waals surface area contributed by atoms with E-state index in [1.807, 2.05) is 12.1 Å². The number of methoxy groups -OCH3 is 1. The van der Waals surface area contributed by atoms with Crippen LogP contribution in [0.2, 0.25) is 0 Å². The average molecular weight is 276 g/mol. The molecule has 3 nitrogen and oxygen atoms in total. The lowest BCUT2D eigenvalue weighted by atomic mass is 9.84. The molecule has 1 heterocycles. The van der Waals surface area contributed by atoms with Crippen molar-refractivity contribution >= 4 is 0 Å². The number of hydrogen-bond donors (Lipinski definition) is 1. The number of likely N-dealkylation sites (tertiary alicyclic amines) is 1. The third kappa shape index (κ3) is 2.99. The second-order valence-corrected chi connectivity index (χ2v) is 6.25. The fourth-order valence-electron chi connectivity index (χ4n) is 3.55. The Balaban J connectivity index is 2.31. The van der Waals surface area contributed by atoms with Crippen LogP contribution in [0.15, 0.2) is 24.3 Å². The van der Waals surface area contributed by atoms with E-state index >= 15 is 0 Å². The standard InChI is InChI=1S/C17H28N2O/c1-12-9-13(2)14(3)19(11-12)16(10-18)15-7-5-6-8-17(15)20-4/h5-8,12-14,16H,9-11,18H2,1-4H3. The molecule has 3 heteroatoms. The highest BCUT2D eigenvalue weighted by Crippen LogP contribution is 2.36. The molecule has 1 aliphatic heterocycles. The molecule has 1 aromatic carbocycles. The second-order valence-electron chi connectivity index (χ2n) is 6.25. The van der Waals surface area contributed by atoms with Gasteiger partial charge in [0.1, 0.15) is 5.75 Å². The third-order valence-corrected chi connectivity index (χ3v) is 4.76. The lowest BCUT2D eigenvalue weighted by Crippen LogP contribution is -2.49. The van der Waals surface area contributed by atoms with E-state index in [4.69, 9.17) is 10.5 Å². The van der Waals surface area contributed by atoms with Gasteiger partial charge in [0.2, 0.25) is 0 Å². The molecule has 1 aliphatic rings. The van der Waals surface area contributed by atoms with Crippen molar-refractivity contribution in [2.75, 3.05) is 20.2 Å². The molecule has 0 radical (unpaired) electrons. The molecule has 0 bridgehead atoms. The summed E-state index contributed by atoms with van der Waals surface area (Å²) in [5.41, 5.74) is 7.33. The lowest BCUT2D eigenvalue weighted by molar-refractivity contribution is 0.0416. The molecular formula is C17H28N2O. The normalized spacial score (nSPS) is 29.1. The van der Waals surface area contributed by atoms with Crippen LogP contribution in [-0.2, 0) is 0 Å².